The molecule has 0 unspecified atom stereocenters. The molecule has 0 aromatic rings. The van der Waals surface area contributed by atoms with Crippen molar-refractivity contribution in [3.63, 3.8) is 0 Å². The Balaban J connectivity index is 2.05. The summed E-state index contributed by atoms with van der Waals surface area (Å²) in [6, 6.07) is 0. The van der Waals surface area contributed by atoms with E-state index in [1.807, 2.05) is 13.8 Å². The Kier molecular flexibility index (Phi) is 2.84. The van der Waals surface area contributed by atoms with Crippen LogP contribution in [0.1, 0.15) is 13.8 Å². The second-order valence-corrected chi connectivity index (χ2v) is 4.92. The first-order chi connectivity index (χ1) is 4.97. The molecular formula is C8H17NOS. The zero-order valence-electron chi connectivity index (χ0n) is 7.50. The lowest BCUT2D eigenvalue weighted by atomic mass is 10.0. The number of likely N-dealkylation sites (tertiary alicyclic amines) is 1. The van der Waals surface area contributed by atoms with Crippen molar-refractivity contribution in [2.24, 2.45) is 5.92 Å². The molecule has 0 bridgehead atoms. The number of thiol groups is 1. The Hall–Kier alpha value is 0.270. The van der Waals surface area contributed by atoms with E-state index in [1.165, 1.54) is 13.1 Å². The van der Waals surface area contributed by atoms with Gasteiger partial charge in [-0.15, -0.1) is 12.6 Å². The lowest BCUT2D eigenvalue weighted by Gasteiger charge is -2.37. The highest BCUT2D eigenvalue weighted by Crippen LogP contribution is 2.19. The monoisotopic (exact) mass is 175 g/mol. The molecule has 3 heteroatoms. The molecule has 0 aromatic heterocycles. The Morgan fingerprint density at radius 2 is 2.09 bits per heavy atom. The molecule has 0 saturated carbocycles. The SMILES string of the molecule is CN1CC(COC(C)(C)S)C1. The molecule has 1 saturated heterocycles. The zero-order chi connectivity index (χ0) is 8.48. The van der Waals surface area contributed by atoms with Crippen LogP contribution < -0.4 is 0 Å². The van der Waals surface area contributed by atoms with E-state index in [0.29, 0.717) is 0 Å². The van der Waals surface area contributed by atoms with Gasteiger partial charge in [0.2, 0.25) is 0 Å². The van der Waals surface area contributed by atoms with Crippen molar-refractivity contribution in [2.75, 3.05) is 26.7 Å². The van der Waals surface area contributed by atoms with Gasteiger partial charge in [-0.25, -0.2) is 0 Å². The lowest BCUT2D eigenvalue weighted by molar-refractivity contribution is -0.0142. The van der Waals surface area contributed by atoms with Crippen LogP contribution >= 0.6 is 12.6 Å². The first kappa shape index (κ1) is 9.36. The van der Waals surface area contributed by atoms with Crippen molar-refractivity contribution < 1.29 is 4.74 Å². The van der Waals surface area contributed by atoms with Crippen molar-refractivity contribution in [3.05, 3.63) is 0 Å². The van der Waals surface area contributed by atoms with Crippen LogP contribution in [0.25, 0.3) is 0 Å². The number of hydrogen-bond donors (Lipinski definition) is 1. The van der Waals surface area contributed by atoms with Gasteiger partial charge in [-0.05, 0) is 20.9 Å². The van der Waals surface area contributed by atoms with Crippen LogP contribution in [-0.4, -0.2) is 36.6 Å². The summed E-state index contributed by atoms with van der Waals surface area (Å²) in [5.74, 6) is 0.728. The molecule has 1 heterocycles. The number of hydrogen-bond acceptors (Lipinski definition) is 3. The molecule has 2 nitrogen and oxygen atoms in total. The van der Waals surface area contributed by atoms with Gasteiger partial charge in [0.25, 0.3) is 0 Å². The summed E-state index contributed by atoms with van der Waals surface area (Å²) in [6.45, 7) is 7.13. The lowest BCUT2D eigenvalue weighted by Crippen LogP contribution is -2.46. The van der Waals surface area contributed by atoms with E-state index in [0.717, 1.165) is 12.5 Å². The topological polar surface area (TPSA) is 12.5 Å². The Morgan fingerprint density at radius 1 is 1.55 bits per heavy atom. The van der Waals surface area contributed by atoms with Gasteiger partial charge in [-0.3, -0.25) is 0 Å². The third-order valence-electron chi connectivity index (χ3n) is 1.81. The molecule has 11 heavy (non-hydrogen) atoms. The van der Waals surface area contributed by atoms with Crippen LogP contribution in [-0.2, 0) is 4.74 Å². The molecule has 1 aliphatic heterocycles. The fourth-order valence-electron chi connectivity index (χ4n) is 1.26. The number of nitrogens with zero attached hydrogens (tertiary/aromatic N) is 1. The van der Waals surface area contributed by atoms with Gasteiger partial charge < -0.3 is 9.64 Å². The smallest absolute Gasteiger partial charge is 0.105 e. The maximum Gasteiger partial charge on any atom is 0.105 e. The summed E-state index contributed by atoms with van der Waals surface area (Å²) in [5, 5.41) is 0. The van der Waals surface area contributed by atoms with Crippen LogP contribution in [0, 0.1) is 5.92 Å². The van der Waals surface area contributed by atoms with Crippen molar-refractivity contribution in [2.45, 2.75) is 18.8 Å². The maximum absolute atomic E-state index is 5.52. The molecule has 66 valence electrons. The van der Waals surface area contributed by atoms with Crippen LogP contribution in [0.15, 0.2) is 0 Å². The van der Waals surface area contributed by atoms with Gasteiger partial charge in [-0.2, -0.15) is 0 Å². The highest BCUT2D eigenvalue weighted by atomic mass is 32.1. The van der Waals surface area contributed by atoms with Crippen molar-refractivity contribution in [3.8, 4) is 0 Å². The summed E-state index contributed by atoms with van der Waals surface area (Å²) in [6.07, 6.45) is 0. The van der Waals surface area contributed by atoms with Gasteiger partial charge in [0.15, 0.2) is 0 Å². The van der Waals surface area contributed by atoms with E-state index in [1.54, 1.807) is 0 Å². The molecule has 0 spiro atoms. The van der Waals surface area contributed by atoms with Crippen molar-refractivity contribution in [1.29, 1.82) is 0 Å². The standard InChI is InChI=1S/C8H17NOS/c1-8(2,11)10-6-7-4-9(3)5-7/h7,11H,4-6H2,1-3H3. The maximum atomic E-state index is 5.52. The van der Waals surface area contributed by atoms with Crippen LogP contribution in [0.4, 0.5) is 0 Å². The summed E-state index contributed by atoms with van der Waals surface area (Å²) in [5.41, 5.74) is 0. The summed E-state index contributed by atoms with van der Waals surface area (Å²) in [4.78, 5) is 2.02. The predicted octanol–water partition coefficient (Wildman–Crippen LogP) is 1.23. The molecule has 0 atom stereocenters. The van der Waals surface area contributed by atoms with Gasteiger partial charge >= 0.3 is 0 Å². The molecule has 1 fully saturated rings. The molecule has 1 aliphatic rings. The van der Waals surface area contributed by atoms with Crippen LogP contribution in [0.3, 0.4) is 0 Å². The molecular weight excluding hydrogens is 158 g/mol. The Labute approximate surface area is 74.3 Å². The fourth-order valence-corrected chi connectivity index (χ4v) is 1.33. The largest absolute Gasteiger partial charge is 0.365 e. The molecule has 0 N–H and O–H groups in total. The third-order valence-corrected chi connectivity index (χ3v) is 1.94. The second kappa shape index (κ2) is 3.33. The van der Waals surface area contributed by atoms with Crippen LogP contribution in [0.2, 0.25) is 0 Å². The molecule has 0 amide bonds. The van der Waals surface area contributed by atoms with Gasteiger partial charge in [0.1, 0.15) is 4.93 Å². The Morgan fingerprint density at radius 3 is 2.45 bits per heavy atom. The van der Waals surface area contributed by atoms with E-state index in [2.05, 4.69) is 24.6 Å². The average Bonchev–Trinajstić information content (AvgIpc) is 1.75. The quantitative estimate of drug-likeness (QED) is 0.511. The third kappa shape index (κ3) is 3.45. The highest BCUT2D eigenvalue weighted by Gasteiger charge is 2.25. The molecule has 0 radical (unpaired) electrons. The average molecular weight is 175 g/mol. The first-order valence-electron chi connectivity index (χ1n) is 4.02. The zero-order valence-corrected chi connectivity index (χ0v) is 8.40. The first-order valence-corrected chi connectivity index (χ1v) is 4.47. The summed E-state index contributed by atoms with van der Waals surface area (Å²) >= 11 is 4.28. The molecule has 0 aliphatic carbocycles. The van der Waals surface area contributed by atoms with E-state index in [4.69, 9.17) is 4.74 Å². The van der Waals surface area contributed by atoms with Crippen molar-refractivity contribution >= 4 is 12.6 Å². The predicted molar refractivity (Wildman–Crippen MR) is 50.0 cm³/mol. The van der Waals surface area contributed by atoms with Gasteiger partial charge in [-0.1, -0.05) is 0 Å². The number of rotatable bonds is 3. The molecule has 1 rings (SSSR count). The fraction of sp³-hybridized carbons (Fsp3) is 1.00. The summed E-state index contributed by atoms with van der Waals surface area (Å²) < 4.78 is 5.52. The van der Waals surface area contributed by atoms with E-state index < -0.39 is 0 Å². The van der Waals surface area contributed by atoms with E-state index in [-0.39, 0.29) is 4.93 Å². The normalized spacial score (nSPS) is 21.8. The Bertz CT molecular complexity index is 127. The second-order valence-electron chi connectivity index (χ2n) is 3.84. The minimum absolute atomic E-state index is 0.270. The minimum Gasteiger partial charge on any atom is -0.365 e. The number of ether oxygens (including phenoxy) is 1. The van der Waals surface area contributed by atoms with E-state index >= 15 is 0 Å². The van der Waals surface area contributed by atoms with E-state index in [9.17, 15) is 0 Å². The highest BCUT2D eigenvalue weighted by molar-refractivity contribution is 7.81. The van der Waals surface area contributed by atoms with Gasteiger partial charge in [0, 0.05) is 19.0 Å². The minimum atomic E-state index is -0.270. The molecule has 0 aromatic carbocycles. The summed E-state index contributed by atoms with van der Waals surface area (Å²) in [7, 11) is 2.13. The van der Waals surface area contributed by atoms with Crippen molar-refractivity contribution in [1.82, 2.24) is 4.90 Å². The van der Waals surface area contributed by atoms with Crippen LogP contribution in [0.5, 0.6) is 0 Å². The van der Waals surface area contributed by atoms with Gasteiger partial charge in [0.05, 0.1) is 6.61 Å².